The van der Waals surface area contributed by atoms with Crippen LogP contribution in [-0.4, -0.2) is 9.97 Å². The topological polar surface area (TPSA) is 37.8 Å². The predicted octanol–water partition coefficient (Wildman–Crippen LogP) is 2.84. The normalized spacial score (nSPS) is 10.3. The highest BCUT2D eigenvalue weighted by atomic mass is 19.1. The molecule has 17 heavy (non-hydrogen) atoms. The van der Waals surface area contributed by atoms with Gasteiger partial charge in [-0.05, 0) is 36.6 Å². The van der Waals surface area contributed by atoms with Crippen LogP contribution >= 0.6 is 0 Å². The van der Waals surface area contributed by atoms with Gasteiger partial charge in [0.05, 0.1) is 0 Å². The number of aromatic nitrogens is 2. The highest BCUT2D eigenvalue weighted by Gasteiger charge is 2.04. The Morgan fingerprint density at radius 1 is 1.12 bits per heavy atom. The maximum absolute atomic E-state index is 13.4. The molecule has 0 aliphatic rings. The molecule has 0 unspecified atom stereocenters. The Bertz CT molecular complexity index is 488. The molecule has 0 spiro atoms. The molecule has 0 bridgehead atoms. The van der Waals surface area contributed by atoms with Crippen molar-refractivity contribution in [2.75, 3.05) is 5.32 Å². The van der Waals surface area contributed by atoms with Crippen LogP contribution < -0.4 is 5.32 Å². The summed E-state index contributed by atoms with van der Waals surface area (Å²) in [6.07, 6.45) is 3.35. The molecule has 1 N–H and O–H groups in total. The van der Waals surface area contributed by atoms with Gasteiger partial charge in [-0.1, -0.05) is 12.1 Å². The fourth-order valence-corrected chi connectivity index (χ4v) is 1.71. The summed E-state index contributed by atoms with van der Waals surface area (Å²) in [6.45, 7) is 4.13. The van der Waals surface area contributed by atoms with Gasteiger partial charge >= 0.3 is 0 Å². The van der Waals surface area contributed by atoms with Crippen molar-refractivity contribution in [1.82, 2.24) is 9.97 Å². The van der Waals surface area contributed by atoms with Crippen LogP contribution in [0.5, 0.6) is 0 Å². The number of nitrogens with zero attached hydrogens (tertiary/aromatic N) is 2. The Labute approximate surface area is 99.7 Å². The molecule has 0 fully saturated rings. The molecule has 1 aromatic heterocycles. The lowest BCUT2D eigenvalue weighted by Crippen LogP contribution is -2.04. The number of benzene rings is 1. The highest BCUT2D eigenvalue weighted by Crippen LogP contribution is 2.15. The first-order chi connectivity index (χ1) is 8.16. The molecule has 88 valence electrons. The van der Waals surface area contributed by atoms with Crippen molar-refractivity contribution in [1.29, 1.82) is 0 Å². The fourth-order valence-electron chi connectivity index (χ4n) is 1.71. The molecule has 0 atom stereocenters. The number of anilines is 1. The Morgan fingerprint density at radius 2 is 1.71 bits per heavy atom. The van der Waals surface area contributed by atoms with Gasteiger partial charge in [0.15, 0.2) is 0 Å². The first-order valence-electron chi connectivity index (χ1n) is 5.43. The van der Waals surface area contributed by atoms with Crippen LogP contribution in [0.15, 0.2) is 30.6 Å². The second-order valence-electron chi connectivity index (χ2n) is 3.97. The van der Waals surface area contributed by atoms with E-state index in [1.54, 1.807) is 32.3 Å². The van der Waals surface area contributed by atoms with E-state index in [1.807, 2.05) is 12.1 Å². The van der Waals surface area contributed by atoms with Crippen LogP contribution in [0.2, 0.25) is 0 Å². The Kier molecular flexibility index (Phi) is 3.32. The molecule has 0 saturated heterocycles. The quantitative estimate of drug-likeness (QED) is 0.882. The average molecular weight is 231 g/mol. The van der Waals surface area contributed by atoms with Crippen molar-refractivity contribution >= 4 is 5.95 Å². The zero-order chi connectivity index (χ0) is 12.3. The number of hydrogen-bond acceptors (Lipinski definition) is 3. The van der Waals surface area contributed by atoms with Gasteiger partial charge in [0.2, 0.25) is 5.95 Å². The minimum atomic E-state index is -0.135. The molecule has 0 saturated carbocycles. The van der Waals surface area contributed by atoms with E-state index in [0.717, 1.165) is 5.56 Å². The van der Waals surface area contributed by atoms with Gasteiger partial charge in [0.25, 0.3) is 0 Å². The Morgan fingerprint density at radius 3 is 2.29 bits per heavy atom. The number of rotatable bonds is 3. The molecule has 2 rings (SSSR count). The molecule has 3 nitrogen and oxygen atoms in total. The number of aryl methyl sites for hydroxylation is 2. The average Bonchev–Trinajstić information content (AvgIpc) is 2.34. The lowest BCUT2D eigenvalue weighted by molar-refractivity contribution is 0.608. The lowest BCUT2D eigenvalue weighted by atomic mass is 10.1. The molecular weight excluding hydrogens is 217 g/mol. The standard InChI is InChI=1S/C13H14FN3/c1-9-6-11(7-10(2)12(9)14)8-17-13-15-4-3-5-16-13/h3-7H,8H2,1-2H3,(H,15,16,17). The summed E-state index contributed by atoms with van der Waals surface area (Å²) < 4.78 is 13.4. The van der Waals surface area contributed by atoms with Crippen LogP contribution in [0.25, 0.3) is 0 Å². The van der Waals surface area contributed by atoms with E-state index in [-0.39, 0.29) is 5.82 Å². The van der Waals surface area contributed by atoms with E-state index in [4.69, 9.17) is 0 Å². The van der Waals surface area contributed by atoms with Gasteiger partial charge in [-0.2, -0.15) is 0 Å². The summed E-state index contributed by atoms with van der Waals surface area (Å²) in [5.74, 6) is 0.442. The molecule has 4 heteroatoms. The van der Waals surface area contributed by atoms with E-state index in [0.29, 0.717) is 23.6 Å². The Hall–Kier alpha value is -1.97. The van der Waals surface area contributed by atoms with Gasteiger partial charge in [-0.25, -0.2) is 14.4 Å². The van der Waals surface area contributed by atoms with Crippen LogP contribution in [-0.2, 0) is 6.54 Å². The zero-order valence-corrected chi connectivity index (χ0v) is 9.87. The van der Waals surface area contributed by atoms with Gasteiger partial charge in [-0.15, -0.1) is 0 Å². The van der Waals surface area contributed by atoms with Crippen molar-refractivity contribution in [3.05, 3.63) is 53.1 Å². The van der Waals surface area contributed by atoms with E-state index >= 15 is 0 Å². The minimum Gasteiger partial charge on any atom is -0.350 e. The molecule has 0 aliphatic carbocycles. The summed E-state index contributed by atoms with van der Waals surface area (Å²) in [5.41, 5.74) is 2.35. The first-order valence-corrected chi connectivity index (χ1v) is 5.43. The van der Waals surface area contributed by atoms with Crippen molar-refractivity contribution in [2.45, 2.75) is 20.4 Å². The minimum absolute atomic E-state index is 0.135. The second-order valence-corrected chi connectivity index (χ2v) is 3.97. The van der Waals surface area contributed by atoms with E-state index in [9.17, 15) is 4.39 Å². The molecule has 1 heterocycles. The maximum Gasteiger partial charge on any atom is 0.222 e. The largest absolute Gasteiger partial charge is 0.350 e. The molecule has 2 aromatic rings. The second kappa shape index (κ2) is 4.91. The third kappa shape index (κ3) is 2.78. The molecule has 0 amide bonds. The van der Waals surface area contributed by atoms with Crippen LogP contribution in [0.4, 0.5) is 10.3 Å². The fraction of sp³-hybridized carbons (Fsp3) is 0.231. The van der Waals surface area contributed by atoms with Crippen molar-refractivity contribution in [2.24, 2.45) is 0 Å². The molecule has 0 radical (unpaired) electrons. The van der Waals surface area contributed by atoms with Gasteiger partial charge in [0, 0.05) is 18.9 Å². The maximum atomic E-state index is 13.4. The number of hydrogen-bond donors (Lipinski definition) is 1. The summed E-state index contributed by atoms with van der Waals surface area (Å²) in [6, 6.07) is 5.42. The van der Waals surface area contributed by atoms with Crippen molar-refractivity contribution < 1.29 is 4.39 Å². The molecular formula is C13H14FN3. The summed E-state index contributed by atoms with van der Waals surface area (Å²) >= 11 is 0. The monoisotopic (exact) mass is 231 g/mol. The van der Waals surface area contributed by atoms with Crippen LogP contribution in [0, 0.1) is 19.7 Å². The van der Waals surface area contributed by atoms with Crippen molar-refractivity contribution in [3.63, 3.8) is 0 Å². The number of nitrogens with one attached hydrogen (secondary N) is 1. The highest BCUT2D eigenvalue weighted by molar-refractivity contribution is 5.33. The van der Waals surface area contributed by atoms with Gasteiger partial charge < -0.3 is 5.32 Å². The number of halogens is 1. The van der Waals surface area contributed by atoms with Crippen LogP contribution in [0.3, 0.4) is 0 Å². The molecule has 0 aliphatic heterocycles. The molecule has 1 aromatic carbocycles. The van der Waals surface area contributed by atoms with Crippen molar-refractivity contribution in [3.8, 4) is 0 Å². The SMILES string of the molecule is Cc1cc(CNc2ncccn2)cc(C)c1F. The van der Waals surface area contributed by atoms with E-state index < -0.39 is 0 Å². The van der Waals surface area contributed by atoms with Gasteiger partial charge in [-0.3, -0.25) is 0 Å². The predicted molar refractivity (Wildman–Crippen MR) is 65.2 cm³/mol. The Balaban J connectivity index is 2.10. The zero-order valence-electron chi connectivity index (χ0n) is 9.87. The van der Waals surface area contributed by atoms with E-state index in [1.165, 1.54) is 0 Å². The van der Waals surface area contributed by atoms with E-state index in [2.05, 4.69) is 15.3 Å². The third-order valence-electron chi connectivity index (χ3n) is 2.51. The smallest absolute Gasteiger partial charge is 0.222 e. The summed E-state index contributed by atoms with van der Waals surface area (Å²) in [4.78, 5) is 8.12. The summed E-state index contributed by atoms with van der Waals surface area (Å²) in [5, 5.41) is 3.09. The first kappa shape index (κ1) is 11.5. The van der Waals surface area contributed by atoms with Gasteiger partial charge in [0.1, 0.15) is 5.82 Å². The summed E-state index contributed by atoms with van der Waals surface area (Å²) in [7, 11) is 0. The third-order valence-corrected chi connectivity index (χ3v) is 2.51. The van der Waals surface area contributed by atoms with Crippen LogP contribution in [0.1, 0.15) is 16.7 Å². The lowest BCUT2D eigenvalue weighted by Gasteiger charge is -2.08.